The Morgan fingerprint density at radius 3 is 2.36 bits per heavy atom. The highest BCUT2D eigenvalue weighted by Crippen LogP contribution is 2.38. The third-order valence-corrected chi connectivity index (χ3v) is 4.44. The van der Waals surface area contributed by atoms with Crippen molar-refractivity contribution in [1.29, 1.82) is 0 Å². The molecule has 0 aliphatic carbocycles. The molecule has 0 spiro atoms. The predicted molar refractivity (Wildman–Crippen MR) is 110 cm³/mol. The Balaban J connectivity index is 1.93. The lowest BCUT2D eigenvalue weighted by Gasteiger charge is -2.14. The van der Waals surface area contributed by atoms with E-state index in [1.165, 1.54) is 24.3 Å². The lowest BCUT2D eigenvalue weighted by atomic mass is 10.1. The number of amides is 1. The van der Waals surface area contributed by atoms with E-state index < -0.39 is 53.7 Å². The van der Waals surface area contributed by atoms with E-state index >= 15 is 0 Å². The Kier molecular flexibility index (Phi) is 6.90. The highest BCUT2D eigenvalue weighted by Gasteiger charge is 2.40. The lowest BCUT2D eigenvalue weighted by molar-refractivity contribution is -0.154. The Morgan fingerprint density at radius 1 is 1.09 bits per heavy atom. The molecule has 0 unspecified atom stereocenters. The van der Waals surface area contributed by atoms with Crippen LogP contribution < -0.4 is 20.2 Å². The zero-order valence-electron chi connectivity index (χ0n) is 17.2. The van der Waals surface area contributed by atoms with Crippen LogP contribution in [0.4, 0.5) is 13.2 Å². The summed E-state index contributed by atoms with van der Waals surface area (Å²) in [7, 11) is 0. The van der Waals surface area contributed by atoms with E-state index in [-0.39, 0.29) is 16.9 Å². The van der Waals surface area contributed by atoms with Crippen LogP contribution in [0.5, 0.6) is 17.2 Å². The molecule has 8 nitrogen and oxygen atoms in total. The second kappa shape index (κ2) is 9.63. The van der Waals surface area contributed by atoms with Crippen LogP contribution in [0.1, 0.15) is 18.2 Å². The van der Waals surface area contributed by atoms with Crippen molar-refractivity contribution in [2.75, 3.05) is 13.2 Å². The van der Waals surface area contributed by atoms with E-state index in [9.17, 15) is 27.6 Å². The minimum atomic E-state index is -5.03. The zero-order chi connectivity index (χ0) is 24.2. The standard InChI is InChI=1S/C22H18F3NO7/c1-2-12-3-5-13(6-4-12)32-20-19(30)15-8-7-14(31-11-17(27)26-10-18(28)29)9-16(15)33-21(20)22(23,24)25/h3-9H,2,10-11H2,1H3,(H,26,27)(H,28,29). The average molecular weight is 465 g/mol. The summed E-state index contributed by atoms with van der Waals surface area (Å²) in [6.45, 7) is 0.702. The Morgan fingerprint density at radius 2 is 1.76 bits per heavy atom. The summed E-state index contributed by atoms with van der Waals surface area (Å²) in [5.41, 5.74) is -0.522. The Hall–Kier alpha value is -4.02. The molecule has 3 rings (SSSR count). The number of carboxylic acid groups (broad SMARTS) is 1. The number of carboxylic acids is 1. The minimum absolute atomic E-state index is 0.0386. The predicted octanol–water partition coefficient (Wildman–Crippen LogP) is 3.75. The number of carbonyl (C=O) groups is 2. The first-order valence-electron chi connectivity index (χ1n) is 9.64. The van der Waals surface area contributed by atoms with Crippen LogP contribution in [0.2, 0.25) is 0 Å². The van der Waals surface area contributed by atoms with Gasteiger partial charge in [-0.25, -0.2) is 0 Å². The fourth-order valence-corrected chi connectivity index (χ4v) is 2.81. The quantitative estimate of drug-likeness (QED) is 0.521. The number of benzene rings is 2. The van der Waals surface area contributed by atoms with E-state index in [1.54, 1.807) is 12.1 Å². The van der Waals surface area contributed by atoms with E-state index in [0.717, 1.165) is 18.1 Å². The topological polar surface area (TPSA) is 115 Å². The van der Waals surface area contributed by atoms with Crippen LogP contribution in [0.15, 0.2) is 51.7 Å². The van der Waals surface area contributed by atoms with Crippen LogP contribution in [0, 0.1) is 0 Å². The van der Waals surface area contributed by atoms with Crippen molar-refractivity contribution in [3.05, 3.63) is 64.0 Å². The number of alkyl halides is 3. The van der Waals surface area contributed by atoms with Crippen molar-refractivity contribution < 1.29 is 41.8 Å². The molecule has 0 aliphatic rings. The van der Waals surface area contributed by atoms with Gasteiger partial charge in [-0.15, -0.1) is 0 Å². The minimum Gasteiger partial charge on any atom is -0.484 e. The second-order valence-corrected chi connectivity index (χ2v) is 6.80. The van der Waals surface area contributed by atoms with E-state index in [0.29, 0.717) is 0 Å². The normalized spacial score (nSPS) is 11.3. The van der Waals surface area contributed by atoms with E-state index in [2.05, 4.69) is 5.32 Å². The molecule has 0 fully saturated rings. The highest BCUT2D eigenvalue weighted by molar-refractivity contribution is 5.83. The molecule has 11 heteroatoms. The summed E-state index contributed by atoms with van der Waals surface area (Å²) in [6, 6.07) is 9.71. The molecule has 0 atom stereocenters. The maximum absolute atomic E-state index is 13.6. The number of rotatable bonds is 8. The van der Waals surface area contributed by atoms with Gasteiger partial charge in [-0.1, -0.05) is 19.1 Å². The molecule has 3 aromatic rings. The average Bonchev–Trinajstić information content (AvgIpc) is 2.77. The van der Waals surface area contributed by atoms with Gasteiger partial charge >= 0.3 is 12.1 Å². The first kappa shape index (κ1) is 23.6. The van der Waals surface area contributed by atoms with E-state index in [1.807, 2.05) is 6.92 Å². The summed E-state index contributed by atoms with van der Waals surface area (Å²) in [5.74, 6) is -4.65. The van der Waals surface area contributed by atoms with Crippen molar-refractivity contribution in [3.8, 4) is 17.2 Å². The maximum atomic E-state index is 13.6. The van der Waals surface area contributed by atoms with Gasteiger partial charge in [0.25, 0.3) is 11.7 Å². The number of fused-ring (bicyclic) bond motifs is 1. The van der Waals surface area contributed by atoms with Gasteiger partial charge in [-0.05, 0) is 36.2 Å². The molecule has 1 heterocycles. The number of hydrogen-bond donors (Lipinski definition) is 2. The molecular weight excluding hydrogens is 447 g/mol. The molecule has 1 aromatic heterocycles. The van der Waals surface area contributed by atoms with Crippen LogP contribution in [0.25, 0.3) is 11.0 Å². The van der Waals surface area contributed by atoms with Crippen molar-refractivity contribution in [2.24, 2.45) is 0 Å². The summed E-state index contributed by atoms with van der Waals surface area (Å²) in [4.78, 5) is 34.8. The molecule has 0 saturated carbocycles. The van der Waals surface area contributed by atoms with Gasteiger partial charge in [0.15, 0.2) is 6.61 Å². The van der Waals surface area contributed by atoms with Crippen molar-refractivity contribution in [2.45, 2.75) is 19.5 Å². The number of carbonyl (C=O) groups excluding carboxylic acids is 1. The molecule has 0 aliphatic heterocycles. The monoisotopic (exact) mass is 465 g/mol. The molecule has 2 N–H and O–H groups in total. The second-order valence-electron chi connectivity index (χ2n) is 6.80. The van der Waals surface area contributed by atoms with Gasteiger partial charge in [0.1, 0.15) is 23.6 Å². The van der Waals surface area contributed by atoms with Crippen molar-refractivity contribution in [1.82, 2.24) is 5.32 Å². The maximum Gasteiger partial charge on any atom is 0.453 e. The van der Waals surface area contributed by atoms with Crippen LogP contribution in [0.3, 0.4) is 0 Å². The van der Waals surface area contributed by atoms with Gasteiger partial charge in [-0.3, -0.25) is 14.4 Å². The Labute approximate surface area is 184 Å². The van der Waals surface area contributed by atoms with Gasteiger partial charge < -0.3 is 24.3 Å². The van der Waals surface area contributed by atoms with Gasteiger partial charge in [0, 0.05) is 6.07 Å². The summed E-state index contributed by atoms with van der Waals surface area (Å²) < 4.78 is 56.3. The number of halogens is 3. The number of nitrogens with one attached hydrogen (secondary N) is 1. The van der Waals surface area contributed by atoms with Crippen LogP contribution in [-0.4, -0.2) is 30.1 Å². The number of aliphatic carboxylic acids is 1. The fourth-order valence-electron chi connectivity index (χ4n) is 2.81. The molecule has 174 valence electrons. The molecule has 0 radical (unpaired) electrons. The Bertz CT molecular complexity index is 1230. The van der Waals surface area contributed by atoms with Crippen molar-refractivity contribution >= 4 is 22.8 Å². The molecular formula is C22H18F3NO7. The fraction of sp³-hybridized carbons (Fsp3) is 0.227. The number of aryl methyl sites for hydroxylation is 1. The van der Waals surface area contributed by atoms with Gasteiger partial charge in [0.05, 0.1) is 5.39 Å². The summed E-state index contributed by atoms with van der Waals surface area (Å²) in [5, 5.41) is 10.4. The van der Waals surface area contributed by atoms with Gasteiger partial charge in [-0.2, -0.15) is 13.2 Å². The van der Waals surface area contributed by atoms with Crippen LogP contribution in [-0.2, 0) is 22.2 Å². The highest BCUT2D eigenvalue weighted by atomic mass is 19.4. The third kappa shape index (κ3) is 5.82. The lowest BCUT2D eigenvalue weighted by Crippen LogP contribution is -2.33. The molecule has 1 amide bonds. The zero-order valence-corrected chi connectivity index (χ0v) is 17.2. The molecule has 0 saturated heterocycles. The molecule has 2 aromatic carbocycles. The molecule has 33 heavy (non-hydrogen) atoms. The summed E-state index contributed by atoms with van der Waals surface area (Å²) >= 11 is 0. The first-order chi connectivity index (χ1) is 15.6. The van der Waals surface area contributed by atoms with Crippen molar-refractivity contribution in [3.63, 3.8) is 0 Å². The smallest absolute Gasteiger partial charge is 0.453 e. The largest absolute Gasteiger partial charge is 0.484 e. The van der Waals surface area contributed by atoms with E-state index in [4.69, 9.17) is 19.0 Å². The SMILES string of the molecule is CCc1ccc(Oc2c(C(F)(F)F)oc3cc(OCC(=O)NCC(=O)O)ccc3c2=O)cc1. The van der Waals surface area contributed by atoms with Crippen LogP contribution >= 0.6 is 0 Å². The third-order valence-electron chi connectivity index (χ3n) is 4.44. The number of ether oxygens (including phenoxy) is 2. The number of hydrogen-bond acceptors (Lipinski definition) is 6. The molecule has 0 bridgehead atoms. The first-order valence-corrected chi connectivity index (χ1v) is 9.64. The van der Waals surface area contributed by atoms with Gasteiger partial charge in [0.2, 0.25) is 11.2 Å². The summed E-state index contributed by atoms with van der Waals surface area (Å²) in [6.07, 6.45) is -4.31.